The Labute approximate surface area is 151 Å². The minimum atomic E-state index is -0.352. The van der Waals surface area contributed by atoms with Crippen molar-refractivity contribution in [2.45, 2.75) is 58.7 Å². The van der Waals surface area contributed by atoms with Gasteiger partial charge in [0.15, 0.2) is 0 Å². The number of hydrogen-bond donors (Lipinski definition) is 0. The van der Waals surface area contributed by atoms with Crippen LogP contribution < -0.4 is 5.46 Å². The molecular formula is C19H29BO5. The number of ether oxygens (including phenoxy) is 2. The van der Waals surface area contributed by atoms with Crippen molar-refractivity contribution in [3.05, 3.63) is 29.8 Å². The van der Waals surface area contributed by atoms with Gasteiger partial charge in [-0.15, -0.1) is 0 Å². The fourth-order valence-electron chi connectivity index (χ4n) is 2.58. The third-order valence-corrected chi connectivity index (χ3v) is 4.92. The Balaban J connectivity index is 1.91. The van der Waals surface area contributed by atoms with E-state index in [1.54, 1.807) is 6.92 Å². The van der Waals surface area contributed by atoms with Crippen LogP contribution in [-0.4, -0.2) is 44.1 Å². The molecule has 1 heterocycles. The maximum absolute atomic E-state index is 11.3. The van der Waals surface area contributed by atoms with Crippen LogP contribution in [0.5, 0.6) is 0 Å². The molecule has 6 heteroatoms. The highest BCUT2D eigenvalue weighted by atomic mass is 16.7. The molecule has 0 aromatic heterocycles. The van der Waals surface area contributed by atoms with E-state index >= 15 is 0 Å². The van der Waals surface area contributed by atoms with Crippen molar-refractivity contribution in [3.8, 4) is 0 Å². The largest absolute Gasteiger partial charge is 0.494 e. The molecule has 2 rings (SSSR count). The monoisotopic (exact) mass is 348 g/mol. The second-order valence-corrected chi connectivity index (χ2v) is 7.48. The number of carbonyl (C=O) groups excluding carboxylic acids is 1. The molecule has 0 aliphatic carbocycles. The van der Waals surface area contributed by atoms with Crippen LogP contribution in [0.4, 0.5) is 0 Å². The summed E-state index contributed by atoms with van der Waals surface area (Å²) in [6.07, 6.45) is 0. The average molecular weight is 348 g/mol. The summed E-state index contributed by atoms with van der Waals surface area (Å²) in [6.45, 7) is 12.9. The lowest BCUT2D eigenvalue weighted by Crippen LogP contribution is -2.41. The predicted octanol–water partition coefficient (Wildman–Crippen LogP) is 2.67. The summed E-state index contributed by atoms with van der Waals surface area (Å²) in [7, 11) is -0.352. The summed E-state index contributed by atoms with van der Waals surface area (Å²) >= 11 is 0. The van der Waals surface area contributed by atoms with Crippen LogP contribution in [0.25, 0.3) is 0 Å². The van der Waals surface area contributed by atoms with Crippen molar-refractivity contribution in [1.82, 2.24) is 0 Å². The van der Waals surface area contributed by atoms with E-state index in [0.29, 0.717) is 13.2 Å². The minimum absolute atomic E-state index is 0.00974. The van der Waals surface area contributed by atoms with Gasteiger partial charge in [-0.05, 0) is 45.6 Å². The molecule has 1 aromatic carbocycles. The zero-order chi connectivity index (χ0) is 18.7. The van der Waals surface area contributed by atoms with E-state index in [9.17, 15) is 4.79 Å². The Morgan fingerprint density at radius 1 is 1.12 bits per heavy atom. The number of benzene rings is 1. The average Bonchev–Trinajstić information content (AvgIpc) is 2.76. The van der Waals surface area contributed by atoms with Crippen LogP contribution in [0.3, 0.4) is 0 Å². The predicted molar refractivity (Wildman–Crippen MR) is 98.0 cm³/mol. The fourth-order valence-corrected chi connectivity index (χ4v) is 2.58. The number of carbonyl (C=O) groups is 1. The van der Waals surface area contributed by atoms with Crippen LogP contribution in [0.1, 0.15) is 53.0 Å². The molecule has 0 bridgehead atoms. The van der Waals surface area contributed by atoms with Gasteiger partial charge in [0.2, 0.25) is 0 Å². The van der Waals surface area contributed by atoms with Crippen molar-refractivity contribution >= 4 is 18.6 Å². The molecule has 1 atom stereocenters. The van der Waals surface area contributed by atoms with Gasteiger partial charge in [-0.25, -0.2) is 4.79 Å². The summed E-state index contributed by atoms with van der Waals surface area (Å²) in [6, 6.07) is 8.16. The van der Waals surface area contributed by atoms with Crippen molar-refractivity contribution < 1.29 is 23.6 Å². The van der Waals surface area contributed by atoms with Gasteiger partial charge in [-0.3, -0.25) is 0 Å². The van der Waals surface area contributed by atoms with Crippen molar-refractivity contribution in [1.29, 1.82) is 0 Å². The molecular weight excluding hydrogens is 319 g/mol. The zero-order valence-corrected chi connectivity index (χ0v) is 16.1. The lowest BCUT2D eigenvalue weighted by atomic mass is 9.78. The van der Waals surface area contributed by atoms with Crippen molar-refractivity contribution in [3.63, 3.8) is 0 Å². The molecule has 5 nitrogen and oxygen atoms in total. The summed E-state index contributed by atoms with van der Waals surface area (Å²) in [5.74, 6) is -0.146. The van der Waals surface area contributed by atoms with Gasteiger partial charge in [-0.1, -0.05) is 31.2 Å². The van der Waals surface area contributed by atoms with Crippen molar-refractivity contribution in [2.24, 2.45) is 0 Å². The van der Waals surface area contributed by atoms with Crippen LogP contribution in [0, 0.1) is 0 Å². The Bertz CT molecular complexity index is 566. The summed E-state index contributed by atoms with van der Waals surface area (Å²) in [5.41, 5.74) is 1.46. The number of esters is 1. The number of rotatable bonds is 7. The Morgan fingerprint density at radius 3 is 2.20 bits per heavy atom. The second kappa shape index (κ2) is 7.89. The molecule has 0 radical (unpaired) electrons. The van der Waals surface area contributed by atoms with Crippen molar-refractivity contribution in [2.75, 3.05) is 19.8 Å². The maximum Gasteiger partial charge on any atom is 0.494 e. The Morgan fingerprint density at radius 2 is 1.68 bits per heavy atom. The van der Waals surface area contributed by atoms with Gasteiger partial charge >= 0.3 is 13.1 Å². The summed E-state index contributed by atoms with van der Waals surface area (Å²) in [5, 5.41) is 0. The molecule has 1 aliphatic rings. The molecule has 0 amide bonds. The van der Waals surface area contributed by atoms with E-state index in [1.165, 1.54) is 0 Å². The third kappa shape index (κ3) is 4.84. The molecule has 1 fully saturated rings. The first-order valence-corrected chi connectivity index (χ1v) is 8.85. The van der Waals surface area contributed by atoms with Gasteiger partial charge in [0.1, 0.15) is 6.61 Å². The highest BCUT2D eigenvalue weighted by Crippen LogP contribution is 2.36. The quantitative estimate of drug-likeness (QED) is 0.560. The van der Waals surface area contributed by atoms with Gasteiger partial charge in [-0.2, -0.15) is 0 Å². The van der Waals surface area contributed by atoms with Gasteiger partial charge in [0, 0.05) is 5.92 Å². The van der Waals surface area contributed by atoms with Gasteiger partial charge < -0.3 is 18.8 Å². The molecule has 0 spiro atoms. The van der Waals surface area contributed by atoms with E-state index in [-0.39, 0.29) is 36.8 Å². The Hall–Kier alpha value is -1.37. The van der Waals surface area contributed by atoms with E-state index < -0.39 is 0 Å². The normalized spacial score (nSPS) is 19.7. The molecule has 1 saturated heterocycles. The topological polar surface area (TPSA) is 54.0 Å². The van der Waals surface area contributed by atoms with Crippen LogP contribution >= 0.6 is 0 Å². The molecule has 0 saturated carbocycles. The molecule has 1 aliphatic heterocycles. The lowest BCUT2D eigenvalue weighted by Gasteiger charge is -2.32. The SMILES string of the molecule is CCOC(=O)COC[C@H](C)c1ccc(B2OC(C)(C)C(C)(C)O2)cc1. The molecule has 138 valence electrons. The second-order valence-electron chi connectivity index (χ2n) is 7.48. The van der Waals surface area contributed by atoms with Crippen LogP contribution in [0.15, 0.2) is 24.3 Å². The van der Waals surface area contributed by atoms with E-state index in [0.717, 1.165) is 11.0 Å². The number of hydrogen-bond acceptors (Lipinski definition) is 5. The van der Waals surface area contributed by atoms with Gasteiger partial charge in [0.05, 0.1) is 24.4 Å². The Kier molecular flexibility index (Phi) is 6.30. The summed E-state index contributed by atoms with van der Waals surface area (Å²) < 4.78 is 22.4. The first-order chi connectivity index (χ1) is 11.7. The van der Waals surface area contributed by atoms with Crippen LogP contribution in [0.2, 0.25) is 0 Å². The molecule has 0 N–H and O–H groups in total. The van der Waals surface area contributed by atoms with E-state index in [2.05, 4.69) is 19.1 Å². The smallest absolute Gasteiger partial charge is 0.464 e. The third-order valence-electron chi connectivity index (χ3n) is 4.92. The van der Waals surface area contributed by atoms with E-state index in [1.807, 2.05) is 39.8 Å². The van der Waals surface area contributed by atoms with Gasteiger partial charge in [0.25, 0.3) is 0 Å². The maximum atomic E-state index is 11.3. The molecule has 0 unspecified atom stereocenters. The first-order valence-electron chi connectivity index (χ1n) is 8.85. The highest BCUT2D eigenvalue weighted by Gasteiger charge is 2.51. The molecule has 25 heavy (non-hydrogen) atoms. The molecule has 1 aromatic rings. The summed E-state index contributed by atoms with van der Waals surface area (Å²) in [4.78, 5) is 11.3. The highest BCUT2D eigenvalue weighted by molar-refractivity contribution is 6.62. The zero-order valence-electron chi connectivity index (χ0n) is 16.1. The minimum Gasteiger partial charge on any atom is -0.464 e. The van der Waals surface area contributed by atoms with E-state index in [4.69, 9.17) is 18.8 Å². The fraction of sp³-hybridized carbons (Fsp3) is 0.632. The lowest BCUT2D eigenvalue weighted by molar-refractivity contribution is -0.148. The standard InChI is InChI=1S/C19H29BO5/c1-7-23-17(21)13-22-12-14(2)15-8-10-16(11-9-15)20-24-18(3,4)19(5,6)25-20/h8-11,14H,7,12-13H2,1-6H3/t14-/m0/s1. The van der Waals surface area contributed by atoms with Crippen LogP contribution in [-0.2, 0) is 23.6 Å². The first kappa shape index (κ1) is 20.0.